The van der Waals surface area contributed by atoms with E-state index in [1.165, 1.54) is 0 Å². The van der Waals surface area contributed by atoms with E-state index < -0.39 is 0 Å². The molecule has 3 N–H and O–H groups in total. The normalized spacial score (nSPS) is 10.2. The van der Waals surface area contributed by atoms with E-state index in [0.717, 1.165) is 38.9 Å². The van der Waals surface area contributed by atoms with E-state index in [1.807, 2.05) is 71.0 Å². The van der Waals surface area contributed by atoms with E-state index >= 15 is 0 Å². The van der Waals surface area contributed by atoms with Gasteiger partial charge in [0, 0.05) is 0 Å². The first-order chi connectivity index (χ1) is 12.2. The molecular weight excluding hydrogens is 324 g/mol. The third-order valence-corrected chi connectivity index (χ3v) is 4.32. The first-order valence-corrected chi connectivity index (χ1v) is 8.55. The Morgan fingerprint density at radius 3 is 1.19 bits per heavy atom. The molecule has 0 unspecified atom stereocenters. The fourth-order valence-electron chi connectivity index (χ4n) is 2.87. The van der Waals surface area contributed by atoms with Gasteiger partial charge >= 0.3 is 0 Å². The van der Waals surface area contributed by atoms with Gasteiger partial charge in [0.25, 0.3) is 0 Å². The highest BCUT2D eigenvalue weighted by atomic mass is 16.3. The summed E-state index contributed by atoms with van der Waals surface area (Å²) >= 11 is 0. The average Bonchev–Trinajstić information content (AvgIpc) is 2.57. The van der Waals surface area contributed by atoms with Gasteiger partial charge in [0.15, 0.2) is 0 Å². The second-order valence-electron chi connectivity index (χ2n) is 6.76. The van der Waals surface area contributed by atoms with E-state index in [9.17, 15) is 10.2 Å². The lowest BCUT2D eigenvalue weighted by Gasteiger charge is -2.11. The van der Waals surface area contributed by atoms with Crippen LogP contribution in [0.1, 0.15) is 27.8 Å². The standard InChI is InChI=1S/C16H18O2.C7H8O/c1-9-5-13(6-10(2)15(9)17)14-7-11(3)16(18)12(4)8-14;1-6-3-2-4-7(8)5-6/h5-8,17-18H,1-4H3;2-5,8H,1H3. The Kier molecular flexibility index (Phi) is 5.93. The van der Waals surface area contributed by atoms with E-state index in [1.54, 1.807) is 12.1 Å². The lowest BCUT2D eigenvalue weighted by molar-refractivity contribution is 0.466. The number of benzene rings is 3. The van der Waals surface area contributed by atoms with Crippen molar-refractivity contribution in [1.82, 2.24) is 0 Å². The lowest BCUT2D eigenvalue weighted by Crippen LogP contribution is -1.88. The van der Waals surface area contributed by atoms with Gasteiger partial charge in [-0.25, -0.2) is 0 Å². The summed E-state index contributed by atoms with van der Waals surface area (Å²) < 4.78 is 0. The highest BCUT2D eigenvalue weighted by Crippen LogP contribution is 2.32. The van der Waals surface area contributed by atoms with Gasteiger partial charge in [-0.3, -0.25) is 0 Å². The summed E-state index contributed by atoms with van der Waals surface area (Å²) in [5.74, 6) is 1.04. The predicted molar refractivity (Wildman–Crippen MR) is 107 cm³/mol. The van der Waals surface area contributed by atoms with Crippen molar-refractivity contribution in [3.8, 4) is 28.4 Å². The Balaban J connectivity index is 0.000000254. The zero-order valence-electron chi connectivity index (χ0n) is 16.0. The van der Waals surface area contributed by atoms with E-state index in [4.69, 9.17) is 5.11 Å². The molecule has 0 radical (unpaired) electrons. The van der Waals surface area contributed by atoms with Crippen LogP contribution in [-0.4, -0.2) is 15.3 Å². The zero-order valence-corrected chi connectivity index (χ0v) is 16.0. The van der Waals surface area contributed by atoms with Crippen LogP contribution >= 0.6 is 0 Å². The van der Waals surface area contributed by atoms with Crippen LogP contribution in [0.5, 0.6) is 17.2 Å². The van der Waals surface area contributed by atoms with Crippen molar-refractivity contribution >= 4 is 0 Å². The quantitative estimate of drug-likeness (QED) is 0.527. The Morgan fingerprint density at radius 1 is 0.538 bits per heavy atom. The van der Waals surface area contributed by atoms with Crippen molar-refractivity contribution in [3.05, 3.63) is 76.3 Å². The third kappa shape index (κ3) is 4.57. The maximum atomic E-state index is 9.79. The van der Waals surface area contributed by atoms with Gasteiger partial charge in [-0.05, 0) is 110 Å². The molecular formula is C23H26O3. The topological polar surface area (TPSA) is 60.7 Å². The minimum absolute atomic E-state index is 0.338. The smallest absolute Gasteiger partial charge is 0.121 e. The second kappa shape index (κ2) is 7.96. The van der Waals surface area contributed by atoms with Crippen molar-refractivity contribution < 1.29 is 15.3 Å². The van der Waals surface area contributed by atoms with Crippen molar-refractivity contribution in [2.24, 2.45) is 0 Å². The van der Waals surface area contributed by atoms with Gasteiger partial charge in [0.05, 0.1) is 0 Å². The molecule has 0 aliphatic rings. The maximum absolute atomic E-state index is 9.79. The monoisotopic (exact) mass is 350 g/mol. The SMILES string of the molecule is Cc1cc(-c2cc(C)c(O)c(C)c2)cc(C)c1O.Cc1cccc(O)c1. The summed E-state index contributed by atoms with van der Waals surface area (Å²) in [6.07, 6.45) is 0. The predicted octanol–water partition coefficient (Wildman–Crippen LogP) is 5.70. The zero-order chi connectivity index (χ0) is 19.4. The summed E-state index contributed by atoms with van der Waals surface area (Å²) in [5.41, 5.74) is 6.69. The Morgan fingerprint density at radius 2 is 0.923 bits per heavy atom. The molecule has 0 saturated heterocycles. The van der Waals surface area contributed by atoms with Crippen molar-refractivity contribution in [3.63, 3.8) is 0 Å². The summed E-state index contributed by atoms with van der Waals surface area (Å²) in [5, 5.41) is 28.4. The molecule has 0 spiro atoms. The summed E-state index contributed by atoms with van der Waals surface area (Å²) in [6, 6.07) is 15.0. The van der Waals surface area contributed by atoms with Gasteiger partial charge in [-0.2, -0.15) is 0 Å². The molecule has 0 aromatic heterocycles. The van der Waals surface area contributed by atoms with Gasteiger partial charge in [0.2, 0.25) is 0 Å². The van der Waals surface area contributed by atoms with Gasteiger partial charge in [0.1, 0.15) is 17.2 Å². The molecule has 3 nitrogen and oxygen atoms in total. The van der Waals surface area contributed by atoms with Crippen LogP contribution in [0.4, 0.5) is 0 Å². The number of rotatable bonds is 1. The van der Waals surface area contributed by atoms with Gasteiger partial charge in [-0.15, -0.1) is 0 Å². The van der Waals surface area contributed by atoms with E-state index in [-0.39, 0.29) is 0 Å². The molecule has 3 rings (SSSR count). The first kappa shape index (κ1) is 19.4. The first-order valence-electron chi connectivity index (χ1n) is 8.55. The summed E-state index contributed by atoms with van der Waals surface area (Å²) in [6.45, 7) is 9.52. The molecule has 0 saturated carbocycles. The van der Waals surface area contributed by atoms with E-state index in [2.05, 4.69) is 0 Å². The molecule has 136 valence electrons. The third-order valence-electron chi connectivity index (χ3n) is 4.32. The lowest BCUT2D eigenvalue weighted by atomic mass is 9.96. The molecule has 3 aromatic rings. The molecule has 0 bridgehead atoms. The molecule has 0 aliphatic heterocycles. The molecule has 3 aromatic carbocycles. The van der Waals surface area contributed by atoms with E-state index in [0.29, 0.717) is 17.2 Å². The van der Waals surface area contributed by atoms with Crippen molar-refractivity contribution in [2.45, 2.75) is 34.6 Å². The Bertz CT molecular complexity index is 808. The summed E-state index contributed by atoms with van der Waals surface area (Å²) in [4.78, 5) is 0. The number of hydrogen-bond donors (Lipinski definition) is 3. The molecule has 0 heterocycles. The number of phenolic OH excluding ortho intramolecular Hbond substituents is 3. The molecule has 26 heavy (non-hydrogen) atoms. The Hall–Kier alpha value is -2.94. The maximum Gasteiger partial charge on any atom is 0.121 e. The molecule has 0 amide bonds. The molecule has 3 heteroatoms. The van der Waals surface area contributed by atoms with Gasteiger partial charge < -0.3 is 15.3 Å². The number of aryl methyl sites for hydroxylation is 5. The Labute approximate surface area is 155 Å². The molecule has 0 fully saturated rings. The van der Waals surface area contributed by atoms with Crippen LogP contribution in [0.25, 0.3) is 11.1 Å². The van der Waals surface area contributed by atoms with Crippen LogP contribution < -0.4 is 0 Å². The average molecular weight is 350 g/mol. The van der Waals surface area contributed by atoms with Crippen LogP contribution in [0.3, 0.4) is 0 Å². The van der Waals surface area contributed by atoms with Crippen molar-refractivity contribution in [1.29, 1.82) is 0 Å². The fraction of sp³-hybridized carbons (Fsp3) is 0.217. The highest BCUT2D eigenvalue weighted by molar-refractivity contribution is 5.70. The minimum Gasteiger partial charge on any atom is -0.508 e. The fourth-order valence-corrected chi connectivity index (χ4v) is 2.87. The van der Waals surface area contributed by atoms with Crippen LogP contribution in [-0.2, 0) is 0 Å². The van der Waals surface area contributed by atoms with Crippen LogP contribution in [0, 0.1) is 34.6 Å². The van der Waals surface area contributed by atoms with Crippen LogP contribution in [0.2, 0.25) is 0 Å². The summed E-state index contributed by atoms with van der Waals surface area (Å²) in [7, 11) is 0. The number of aromatic hydroxyl groups is 3. The van der Waals surface area contributed by atoms with Crippen molar-refractivity contribution in [2.75, 3.05) is 0 Å². The van der Waals surface area contributed by atoms with Crippen LogP contribution in [0.15, 0.2) is 48.5 Å². The number of phenols is 3. The second-order valence-corrected chi connectivity index (χ2v) is 6.76. The largest absolute Gasteiger partial charge is 0.508 e. The molecule has 0 atom stereocenters. The highest BCUT2D eigenvalue weighted by Gasteiger charge is 2.08. The molecule has 0 aliphatic carbocycles. The minimum atomic E-state index is 0.338. The van der Waals surface area contributed by atoms with Gasteiger partial charge in [-0.1, -0.05) is 12.1 Å². The number of hydrogen-bond acceptors (Lipinski definition) is 3.